The molecule has 0 spiro atoms. The van der Waals surface area contributed by atoms with Gasteiger partial charge in [0.25, 0.3) is 0 Å². The third-order valence-electron chi connectivity index (χ3n) is 17.8. The first-order chi connectivity index (χ1) is 52.0. The molecule has 0 aliphatic carbocycles. The first kappa shape index (κ1) is 86.8. The fourth-order valence-electron chi connectivity index (χ4n) is 11.5. The number of H-pyrrole nitrogens is 1. The number of aliphatic carboxylic acids is 2. The number of carboxylic acid groups (broad SMARTS) is 2. The minimum Gasteiger partial charge on any atom is -0.497 e. The van der Waals surface area contributed by atoms with E-state index in [9.17, 15) is 87.9 Å². The van der Waals surface area contributed by atoms with Gasteiger partial charge in [0.2, 0.25) is 65.0 Å². The molecule has 1 heterocycles. The number of amides is 11. The van der Waals surface area contributed by atoms with Gasteiger partial charge in [-0.05, 0) is 116 Å². The van der Waals surface area contributed by atoms with E-state index >= 15 is 8.78 Å². The maximum absolute atomic E-state index is 15.5. The van der Waals surface area contributed by atoms with E-state index in [1.54, 1.807) is 42.5 Å². The molecule has 0 saturated heterocycles. The van der Waals surface area contributed by atoms with E-state index in [1.165, 1.54) is 26.6 Å². The molecule has 5 aromatic carbocycles. The van der Waals surface area contributed by atoms with E-state index in [0.717, 1.165) is 72.4 Å². The highest BCUT2D eigenvalue weighted by Gasteiger charge is 2.43. The molecule has 590 valence electrons. The van der Waals surface area contributed by atoms with Crippen LogP contribution in [-0.4, -0.2) is 205 Å². The van der Waals surface area contributed by atoms with Crippen LogP contribution >= 0.6 is 0 Å². The zero-order valence-corrected chi connectivity index (χ0v) is 61.3. The lowest BCUT2D eigenvalue weighted by molar-refractivity contribution is -0.142. The molecular formula is C75H92F2N14O19. The summed E-state index contributed by atoms with van der Waals surface area (Å²) in [6.07, 6.45) is -4.44. The van der Waals surface area contributed by atoms with Crippen molar-refractivity contribution in [2.24, 2.45) is 11.5 Å². The molecule has 6 rings (SSSR count). The second-order valence-electron chi connectivity index (χ2n) is 26.4. The minimum atomic E-state index is -2.68. The monoisotopic (exact) mass is 1530 g/mol. The lowest BCUT2D eigenvalue weighted by Crippen LogP contribution is -2.67. The highest BCUT2D eigenvalue weighted by Crippen LogP contribution is 2.29. The third-order valence-corrected chi connectivity index (χ3v) is 17.8. The fourth-order valence-corrected chi connectivity index (χ4v) is 11.5. The number of aromatic nitrogens is 2. The molecule has 0 aliphatic heterocycles. The van der Waals surface area contributed by atoms with Crippen molar-refractivity contribution in [3.05, 3.63) is 167 Å². The number of nitrogens with two attached hydrogens (primary N) is 2. The number of nitrogens with one attached hydrogen (secondary N) is 11. The number of nitrogens with zero attached hydrogens (tertiary/aromatic N) is 1. The molecule has 0 unspecified atom stereocenters. The third kappa shape index (κ3) is 25.3. The lowest BCUT2D eigenvalue weighted by atomic mass is 9.89. The number of carboxylic acids is 2. The van der Waals surface area contributed by atoms with Gasteiger partial charge in [-0.2, -0.15) is 0 Å². The number of primary amides is 1. The smallest absolute Gasteiger partial charge is 0.305 e. The predicted molar refractivity (Wildman–Crippen MR) is 392 cm³/mol. The van der Waals surface area contributed by atoms with Crippen molar-refractivity contribution in [1.82, 2.24) is 63.1 Å². The number of rotatable bonds is 41. The Balaban J connectivity index is 1.18. The number of carbonyl (C=O) groups is 13. The molecular weight excluding hydrogens is 1440 g/mol. The van der Waals surface area contributed by atoms with Crippen LogP contribution in [0.2, 0.25) is 0 Å². The van der Waals surface area contributed by atoms with Crippen LogP contribution in [0.1, 0.15) is 87.4 Å². The molecule has 20 N–H and O–H groups in total. The van der Waals surface area contributed by atoms with Crippen LogP contribution in [0, 0.1) is 18.6 Å². The number of imidazole rings is 1. The molecule has 0 aliphatic rings. The van der Waals surface area contributed by atoms with Crippen molar-refractivity contribution in [3.8, 4) is 28.0 Å². The van der Waals surface area contributed by atoms with Crippen LogP contribution in [0.3, 0.4) is 0 Å². The number of hydrogen-bond acceptors (Lipinski definition) is 19. The van der Waals surface area contributed by atoms with Gasteiger partial charge < -0.3 is 99.9 Å². The summed E-state index contributed by atoms with van der Waals surface area (Å²) in [4.78, 5) is 183. The summed E-state index contributed by atoms with van der Waals surface area (Å²) in [5.41, 5.74) is 15.2. The standard InChI is InChI=1S/C75H92F2N14O19/c1-8-44-30-48(110-7)24-25-50(44)46-22-18-43(19-23-46)29-57(69(104)85-56(65(79)100)28-42-16-20-45(21-17-42)49-13-10-9-12-38(49)2)86-70(105)58(32-62(98)99)87-71(106)59(36-92)88-72(107)63(40(4)93)90-74(109)75(6,33-51-52(76)14-11-15-53(51)77)91-73(108)64(41(5)94)89-60(95)35-81-68(103)55(26-27-61(96)97)84-66(101)39(3)83-67(102)54(78)31-47-34-80-37-82-47/h9-25,30,34,37,39-41,54-59,63-64,92-94H,8,26-29,31-33,35-36,78H2,1-7H3,(H2,79,100)(H,80,82)(H,81,103)(H,83,102)(H,84,101)(H,85,104)(H,86,105)(H,87,106)(H,88,107)(H,89,95)(H,90,109)(H,91,108)(H,96,97)(H,98,99)/t39-,40+,41+,54-,55-,56-,57-,58-,59-,63-,64-,75-/m0/s1. The van der Waals surface area contributed by atoms with Gasteiger partial charge in [-0.25, -0.2) is 13.8 Å². The Morgan fingerprint density at radius 3 is 1.71 bits per heavy atom. The largest absolute Gasteiger partial charge is 0.497 e. The van der Waals surface area contributed by atoms with Crippen molar-refractivity contribution in [1.29, 1.82) is 0 Å². The van der Waals surface area contributed by atoms with Gasteiger partial charge in [0.05, 0.1) is 51.3 Å². The van der Waals surface area contributed by atoms with Gasteiger partial charge in [-0.3, -0.25) is 62.3 Å². The van der Waals surface area contributed by atoms with Crippen LogP contribution < -0.4 is 69.4 Å². The highest BCUT2D eigenvalue weighted by molar-refractivity contribution is 6.00. The second-order valence-corrected chi connectivity index (χ2v) is 26.4. The van der Waals surface area contributed by atoms with Crippen LogP contribution in [0.5, 0.6) is 5.75 Å². The number of aryl methyl sites for hydroxylation is 2. The molecule has 110 heavy (non-hydrogen) atoms. The quantitative estimate of drug-likeness (QED) is 0.0218. The Kier molecular flexibility index (Phi) is 32.2. The van der Waals surface area contributed by atoms with Crippen molar-refractivity contribution < 1.29 is 101 Å². The predicted octanol–water partition coefficient (Wildman–Crippen LogP) is -1.03. The van der Waals surface area contributed by atoms with E-state index in [-0.39, 0.29) is 19.3 Å². The molecule has 0 radical (unpaired) electrons. The number of aliphatic hydroxyl groups excluding tert-OH is 3. The maximum atomic E-state index is 15.5. The van der Waals surface area contributed by atoms with E-state index in [2.05, 4.69) is 63.1 Å². The molecule has 0 fully saturated rings. The summed E-state index contributed by atoms with van der Waals surface area (Å²) in [5.74, 6) is -18.3. The van der Waals surface area contributed by atoms with Crippen LogP contribution in [0.4, 0.5) is 8.78 Å². The summed E-state index contributed by atoms with van der Waals surface area (Å²) in [7, 11) is 1.54. The Morgan fingerprint density at radius 1 is 0.600 bits per heavy atom. The first-order valence-electron chi connectivity index (χ1n) is 34.8. The average molecular weight is 1530 g/mol. The summed E-state index contributed by atoms with van der Waals surface area (Å²) in [5, 5.41) is 74.5. The van der Waals surface area contributed by atoms with Crippen molar-refractivity contribution in [3.63, 3.8) is 0 Å². The van der Waals surface area contributed by atoms with Gasteiger partial charge in [0.1, 0.15) is 71.3 Å². The number of methoxy groups -OCH3 is 1. The molecule has 12 atom stereocenters. The van der Waals surface area contributed by atoms with Gasteiger partial charge in [-0.1, -0.05) is 91.9 Å². The Hall–Kier alpha value is -12.1. The number of aliphatic hydroxyl groups is 3. The van der Waals surface area contributed by atoms with Crippen LogP contribution in [0.15, 0.2) is 122 Å². The van der Waals surface area contributed by atoms with E-state index in [1.807, 2.05) is 62.4 Å². The second kappa shape index (κ2) is 40.8. The van der Waals surface area contributed by atoms with Crippen LogP contribution in [0.25, 0.3) is 22.3 Å². The number of carbonyl (C=O) groups excluding carboxylic acids is 11. The summed E-state index contributed by atoms with van der Waals surface area (Å²) < 4.78 is 36.4. The number of hydrogen-bond donors (Lipinski definition) is 18. The average Bonchev–Trinajstić information content (AvgIpc) is 0.860. The van der Waals surface area contributed by atoms with E-state index in [0.29, 0.717) is 29.0 Å². The zero-order valence-electron chi connectivity index (χ0n) is 61.3. The van der Waals surface area contributed by atoms with E-state index in [4.69, 9.17) is 16.2 Å². The lowest BCUT2D eigenvalue weighted by Gasteiger charge is -2.34. The van der Waals surface area contributed by atoms with Crippen LogP contribution in [-0.2, 0) is 94.4 Å². The molecule has 0 bridgehead atoms. The Bertz CT molecular complexity index is 4260. The summed E-state index contributed by atoms with van der Waals surface area (Å²) >= 11 is 0. The van der Waals surface area contributed by atoms with E-state index < -0.39 is 205 Å². The fraction of sp³-hybridized carbons (Fsp3) is 0.387. The number of aromatic amines is 1. The first-order valence-corrected chi connectivity index (χ1v) is 34.8. The van der Waals surface area contributed by atoms with Crippen molar-refractivity contribution in [2.45, 2.75) is 165 Å². The number of benzene rings is 5. The Morgan fingerprint density at radius 2 is 1.15 bits per heavy atom. The number of halogens is 2. The highest BCUT2D eigenvalue weighted by atomic mass is 19.1. The topological polar surface area (TPSA) is 533 Å². The number of ether oxygens (including phenoxy) is 1. The minimum absolute atomic E-state index is 0.00476. The summed E-state index contributed by atoms with van der Waals surface area (Å²) in [6.45, 7) is 5.59. The molecule has 1 aromatic heterocycles. The maximum Gasteiger partial charge on any atom is 0.305 e. The zero-order chi connectivity index (χ0) is 81.3. The van der Waals surface area contributed by atoms with Gasteiger partial charge >= 0.3 is 11.9 Å². The molecule has 0 saturated carbocycles. The van der Waals surface area contributed by atoms with Gasteiger partial charge in [0, 0.05) is 49.6 Å². The van der Waals surface area contributed by atoms with Crippen molar-refractivity contribution >= 4 is 76.9 Å². The summed E-state index contributed by atoms with van der Waals surface area (Å²) in [6, 6.07) is 14.0. The Labute approximate surface area is 630 Å². The van der Waals surface area contributed by atoms with Crippen molar-refractivity contribution in [2.75, 3.05) is 20.3 Å². The van der Waals surface area contributed by atoms with Gasteiger partial charge in [0.15, 0.2) is 0 Å². The molecule has 33 nitrogen and oxygen atoms in total. The molecule has 11 amide bonds. The molecule has 35 heteroatoms. The van der Waals surface area contributed by atoms with Gasteiger partial charge in [-0.15, -0.1) is 0 Å². The molecule has 6 aromatic rings. The SMILES string of the molecule is CCc1cc(OC)ccc1-c1ccc(C[C@H](NC(=O)[C@H](CC(=O)O)NC(=O)[C@H](CO)NC(=O)[C@@H](NC(=O)[C@](C)(Cc2c(F)cccc2F)NC(=O)[C@@H](NC(=O)CNC(=O)[C@H](CCC(=O)O)NC(=O)[C@H](C)NC(=O)[C@@H](N)Cc2cnc[nH]2)[C@@H](C)O)[C@@H](C)O)C(=O)N[C@@H](Cc2ccc(-c3ccccc3C)cc2)C(N)=O)cc1. The normalized spacial score (nSPS) is 14.7.